The third-order valence-corrected chi connectivity index (χ3v) is 7.22. The smallest absolute Gasteiger partial charge is 0.283 e. The molecule has 0 spiro atoms. The lowest BCUT2D eigenvalue weighted by Gasteiger charge is -2.23. The second-order valence-corrected chi connectivity index (χ2v) is 11.1. The number of halogens is 1. The topological polar surface area (TPSA) is 135 Å². The van der Waals surface area contributed by atoms with Crippen molar-refractivity contribution < 1.29 is 9.00 Å². The predicted molar refractivity (Wildman–Crippen MR) is 151 cm³/mol. The SMILES string of the molecule is Cc1cc(C(C)Nc2ccc(Cl)nc2C(=O)NS(C)=O)c2nc(N3Cc4cnc(C)nc4C3)n(C)c(=O)c2c1. The van der Waals surface area contributed by atoms with E-state index in [1.165, 1.54) is 6.26 Å². The molecule has 4 aromatic rings. The van der Waals surface area contributed by atoms with Gasteiger partial charge in [-0.3, -0.25) is 18.9 Å². The third kappa shape index (κ3) is 5.21. The molecule has 39 heavy (non-hydrogen) atoms. The number of hydrogen-bond donors (Lipinski definition) is 2. The molecule has 202 valence electrons. The molecule has 2 atom stereocenters. The molecule has 13 heteroatoms. The highest BCUT2D eigenvalue weighted by Crippen LogP contribution is 2.31. The molecule has 1 amide bonds. The summed E-state index contributed by atoms with van der Waals surface area (Å²) in [4.78, 5) is 46.2. The molecule has 1 aliphatic heterocycles. The average molecular weight is 567 g/mol. The second-order valence-electron chi connectivity index (χ2n) is 9.55. The van der Waals surface area contributed by atoms with E-state index in [0.717, 1.165) is 22.4 Å². The lowest BCUT2D eigenvalue weighted by Crippen LogP contribution is -2.29. The first-order valence-electron chi connectivity index (χ1n) is 12.2. The number of hydrogen-bond acceptors (Lipinski definition) is 9. The van der Waals surface area contributed by atoms with E-state index in [9.17, 15) is 13.8 Å². The molecule has 0 saturated heterocycles. The number of benzene rings is 1. The van der Waals surface area contributed by atoms with Gasteiger partial charge in [0.25, 0.3) is 11.5 Å². The molecule has 5 rings (SSSR count). The van der Waals surface area contributed by atoms with E-state index in [-0.39, 0.29) is 22.4 Å². The van der Waals surface area contributed by atoms with Crippen LogP contribution in [-0.2, 0) is 31.1 Å². The Morgan fingerprint density at radius 1 is 1.15 bits per heavy atom. The van der Waals surface area contributed by atoms with E-state index < -0.39 is 16.9 Å². The highest BCUT2D eigenvalue weighted by molar-refractivity contribution is 7.82. The van der Waals surface area contributed by atoms with Crippen LogP contribution in [0.5, 0.6) is 0 Å². The van der Waals surface area contributed by atoms with Gasteiger partial charge in [-0.25, -0.2) is 24.1 Å². The van der Waals surface area contributed by atoms with Crippen molar-refractivity contribution in [2.75, 3.05) is 16.5 Å². The van der Waals surface area contributed by atoms with Crippen LogP contribution < -0.4 is 20.5 Å². The molecular weight excluding hydrogens is 540 g/mol. The minimum absolute atomic E-state index is 0.0114. The lowest BCUT2D eigenvalue weighted by molar-refractivity contribution is 0.0979. The van der Waals surface area contributed by atoms with Crippen molar-refractivity contribution >= 4 is 51.0 Å². The van der Waals surface area contributed by atoms with Gasteiger partial charge in [0.15, 0.2) is 5.69 Å². The molecule has 0 saturated carbocycles. The molecule has 2 unspecified atom stereocenters. The van der Waals surface area contributed by atoms with Crippen LogP contribution in [0.1, 0.15) is 51.7 Å². The highest BCUT2D eigenvalue weighted by Gasteiger charge is 2.26. The van der Waals surface area contributed by atoms with Crippen molar-refractivity contribution in [3.63, 3.8) is 0 Å². The van der Waals surface area contributed by atoms with Crippen LogP contribution in [0.15, 0.2) is 35.3 Å². The van der Waals surface area contributed by atoms with Crippen molar-refractivity contribution in [3.8, 4) is 0 Å². The Labute approximate surface area is 232 Å². The molecule has 0 aliphatic carbocycles. The van der Waals surface area contributed by atoms with Crippen molar-refractivity contribution in [1.29, 1.82) is 0 Å². The third-order valence-electron chi connectivity index (χ3n) is 6.54. The van der Waals surface area contributed by atoms with E-state index in [0.29, 0.717) is 41.5 Å². The number of aryl methyl sites for hydroxylation is 2. The van der Waals surface area contributed by atoms with Crippen LogP contribution >= 0.6 is 11.6 Å². The number of amides is 1. The van der Waals surface area contributed by atoms with Crippen LogP contribution in [0.25, 0.3) is 10.9 Å². The minimum Gasteiger partial charge on any atom is -0.377 e. The van der Waals surface area contributed by atoms with Crippen LogP contribution in [0.3, 0.4) is 0 Å². The zero-order valence-electron chi connectivity index (χ0n) is 22.1. The van der Waals surface area contributed by atoms with Gasteiger partial charge in [0, 0.05) is 37.2 Å². The summed E-state index contributed by atoms with van der Waals surface area (Å²) in [6, 6.07) is 6.61. The van der Waals surface area contributed by atoms with E-state index >= 15 is 0 Å². The fourth-order valence-corrected chi connectivity index (χ4v) is 5.27. The van der Waals surface area contributed by atoms with Gasteiger partial charge >= 0.3 is 0 Å². The van der Waals surface area contributed by atoms with Crippen LogP contribution in [-0.4, -0.2) is 40.9 Å². The minimum atomic E-state index is -1.58. The van der Waals surface area contributed by atoms with Crippen molar-refractivity contribution in [2.24, 2.45) is 7.05 Å². The first-order chi connectivity index (χ1) is 18.5. The average Bonchev–Trinajstić information content (AvgIpc) is 3.29. The van der Waals surface area contributed by atoms with Gasteiger partial charge < -0.3 is 10.2 Å². The summed E-state index contributed by atoms with van der Waals surface area (Å²) in [5, 5.41) is 3.93. The normalized spacial score (nSPS) is 14.3. The fourth-order valence-electron chi connectivity index (χ4n) is 4.76. The van der Waals surface area contributed by atoms with Gasteiger partial charge in [-0.2, -0.15) is 0 Å². The standard InChI is InChI=1S/C26H27ClN8O3S/c1-13-8-17(14(2)29-19-6-7-21(27)31-23(19)24(36)33-39(5)38)22-18(9-13)25(37)34(4)26(32-22)35-11-16-10-28-15(3)30-20(16)12-35/h6-10,14,29H,11-12H2,1-5H3,(H,33,36). The molecule has 0 bridgehead atoms. The molecular formula is C26H27ClN8O3S. The van der Waals surface area contributed by atoms with Crippen LogP contribution in [0, 0.1) is 13.8 Å². The maximum atomic E-state index is 13.5. The number of fused-ring (bicyclic) bond motifs is 2. The number of carbonyl (C=O) groups is 1. The van der Waals surface area contributed by atoms with Gasteiger partial charge in [0.05, 0.1) is 34.9 Å². The monoisotopic (exact) mass is 566 g/mol. The summed E-state index contributed by atoms with van der Waals surface area (Å²) in [6.45, 7) is 6.74. The number of aromatic nitrogens is 5. The quantitative estimate of drug-likeness (QED) is 0.337. The first-order valence-corrected chi connectivity index (χ1v) is 14.1. The van der Waals surface area contributed by atoms with Crippen molar-refractivity contribution in [1.82, 2.24) is 29.2 Å². The summed E-state index contributed by atoms with van der Waals surface area (Å²) in [6.07, 6.45) is 3.17. The Bertz CT molecular complexity index is 1720. The summed E-state index contributed by atoms with van der Waals surface area (Å²) < 4.78 is 15.5. The molecule has 1 aromatic carbocycles. The summed E-state index contributed by atoms with van der Waals surface area (Å²) in [5.74, 6) is 0.603. The Morgan fingerprint density at radius 3 is 2.67 bits per heavy atom. The van der Waals surface area contributed by atoms with Gasteiger partial charge in [0.2, 0.25) is 5.95 Å². The van der Waals surface area contributed by atoms with Gasteiger partial charge in [-0.05, 0) is 44.5 Å². The van der Waals surface area contributed by atoms with E-state index in [1.54, 1.807) is 23.7 Å². The number of rotatable bonds is 6. The Morgan fingerprint density at radius 2 is 1.92 bits per heavy atom. The zero-order chi connectivity index (χ0) is 28.0. The number of pyridine rings is 1. The summed E-state index contributed by atoms with van der Waals surface area (Å²) in [5.41, 5.74) is 4.40. The Hall–Kier alpha value is -3.90. The van der Waals surface area contributed by atoms with Gasteiger partial charge in [0.1, 0.15) is 22.0 Å². The maximum absolute atomic E-state index is 13.5. The van der Waals surface area contributed by atoms with E-state index in [4.69, 9.17) is 16.6 Å². The lowest BCUT2D eigenvalue weighted by atomic mass is 10.0. The molecule has 3 aromatic heterocycles. The number of nitrogens with one attached hydrogen (secondary N) is 2. The zero-order valence-corrected chi connectivity index (χ0v) is 23.6. The molecule has 1 aliphatic rings. The summed E-state index contributed by atoms with van der Waals surface area (Å²) >= 11 is 6.05. The number of nitrogens with zero attached hydrogens (tertiary/aromatic N) is 6. The first kappa shape index (κ1) is 26.7. The molecule has 0 fully saturated rings. The van der Waals surface area contributed by atoms with Gasteiger partial charge in [-0.15, -0.1) is 0 Å². The number of carbonyl (C=O) groups excluding carboxylic acids is 1. The van der Waals surface area contributed by atoms with Gasteiger partial charge in [-0.1, -0.05) is 17.7 Å². The number of anilines is 2. The largest absolute Gasteiger partial charge is 0.377 e. The summed E-state index contributed by atoms with van der Waals surface area (Å²) in [7, 11) is 0.141. The van der Waals surface area contributed by atoms with E-state index in [2.05, 4.69) is 25.0 Å². The Kier molecular flexibility index (Phi) is 7.08. The molecule has 4 heterocycles. The van der Waals surface area contributed by atoms with Crippen molar-refractivity contribution in [3.05, 3.63) is 79.9 Å². The maximum Gasteiger partial charge on any atom is 0.283 e. The molecule has 0 radical (unpaired) electrons. The predicted octanol–water partition coefficient (Wildman–Crippen LogP) is 3.11. The molecule has 11 nitrogen and oxygen atoms in total. The highest BCUT2D eigenvalue weighted by atomic mass is 35.5. The molecule has 2 N–H and O–H groups in total. The van der Waals surface area contributed by atoms with Crippen LogP contribution in [0.4, 0.5) is 11.6 Å². The van der Waals surface area contributed by atoms with Crippen molar-refractivity contribution in [2.45, 2.75) is 39.9 Å². The van der Waals surface area contributed by atoms with E-state index in [1.807, 2.05) is 44.0 Å². The second kappa shape index (κ2) is 10.3. The Balaban J connectivity index is 1.57. The van der Waals surface area contributed by atoms with Crippen LogP contribution in [0.2, 0.25) is 5.15 Å². The fraction of sp³-hybridized carbons (Fsp3) is 0.308.